The first-order chi connectivity index (χ1) is 14.1. The number of benzene rings is 2. The molecule has 2 aromatic carbocycles. The van der Waals surface area contributed by atoms with Crippen molar-refractivity contribution in [3.05, 3.63) is 65.5 Å². The quantitative estimate of drug-likeness (QED) is 0.278. The highest BCUT2D eigenvalue weighted by atomic mass is 32.2. The third-order valence-corrected chi connectivity index (χ3v) is 5.68. The normalized spacial score (nSPS) is 13.2. The van der Waals surface area contributed by atoms with Crippen molar-refractivity contribution in [2.45, 2.75) is 18.0 Å². The summed E-state index contributed by atoms with van der Waals surface area (Å²) in [6, 6.07) is 12.8. The number of aromatic nitrogens is 3. The molecule has 148 valence electrons. The summed E-state index contributed by atoms with van der Waals surface area (Å²) < 4.78 is 14.4. The number of imide groups is 1. The van der Waals surface area contributed by atoms with Crippen LogP contribution in [0.3, 0.4) is 0 Å². The molecule has 0 fully saturated rings. The van der Waals surface area contributed by atoms with Gasteiger partial charge >= 0.3 is 0 Å². The maximum absolute atomic E-state index is 13.1. The van der Waals surface area contributed by atoms with Gasteiger partial charge in [-0.3, -0.25) is 14.5 Å². The number of unbranched alkanes of at least 4 members (excludes halogenated alkanes) is 1. The van der Waals surface area contributed by atoms with E-state index in [0.717, 1.165) is 6.42 Å². The fourth-order valence-electron chi connectivity index (χ4n) is 3.15. The summed E-state index contributed by atoms with van der Waals surface area (Å²) in [4.78, 5) is 26.0. The number of thioether (sulfide) groups is 1. The summed E-state index contributed by atoms with van der Waals surface area (Å²) in [6.07, 6.45) is 1.46. The minimum absolute atomic E-state index is 0.233. The Balaban J connectivity index is 1.28. The molecule has 1 aliphatic heterocycles. The lowest BCUT2D eigenvalue weighted by Gasteiger charge is -2.13. The standard InChI is InChI=1S/C20H18FN5O2S/c21-14-9-7-13(8-10-14)17-23-24-20(26(17)22)29-12-4-3-11-25-18(27)15-5-1-2-6-16(15)19(25)28/h1-2,5-10H,3-4,11-12,22H2. The van der Waals surface area contributed by atoms with Gasteiger partial charge in [0.25, 0.3) is 11.8 Å². The van der Waals surface area contributed by atoms with Crippen LogP contribution in [0.5, 0.6) is 0 Å². The van der Waals surface area contributed by atoms with Crippen LogP contribution in [0.4, 0.5) is 4.39 Å². The Hall–Kier alpha value is -3.20. The Morgan fingerprint density at radius 1 is 0.931 bits per heavy atom. The van der Waals surface area contributed by atoms with Crippen molar-refractivity contribution in [1.29, 1.82) is 0 Å². The molecule has 0 saturated carbocycles. The number of hydrogen-bond acceptors (Lipinski definition) is 6. The van der Waals surface area contributed by atoms with Gasteiger partial charge in [-0.25, -0.2) is 9.07 Å². The van der Waals surface area contributed by atoms with E-state index < -0.39 is 0 Å². The largest absolute Gasteiger partial charge is 0.335 e. The first kappa shape index (κ1) is 19.1. The van der Waals surface area contributed by atoms with Crippen LogP contribution >= 0.6 is 11.8 Å². The lowest BCUT2D eigenvalue weighted by atomic mass is 10.1. The van der Waals surface area contributed by atoms with Crippen LogP contribution in [0.1, 0.15) is 33.6 Å². The van der Waals surface area contributed by atoms with E-state index in [0.29, 0.717) is 46.4 Å². The summed E-state index contributed by atoms with van der Waals surface area (Å²) in [7, 11) is 0. The van der Waals surface area contributed by atoms with Gasteiger partial charge in [0.1, 0.15) is 5.82 Å². The van der Waals surface area contributed by atoms with Crippen LogP contribution in [0.25, 0.3) is 11.4 Å². The first-order valence-electron chi connectivity index (χ1n) is 9.10. The molecule has 29 heavy (non-hydrogen) atoms. The molecule has 3 aromatic rings. The van der Waals surface area contributed by atoms with E-state index in [1.807, 2.05) is 0 Å². The molecular weight excluding hydrogens is 393 g/mol. The monoisotopic (exact) mass is 411 g/mol. The average Bonchev–Trinajstić information content (AvgIpc) is 3.21. The summed E-state index contributed by atoms with van der Waals surface area (Å²) in [5.74, 6) is 6.43. The van der Waals surface area contributed by atoms with Crippen molar-refractivity contribution < 1.29 is 14.0 Å². The van der Waals surface area contributed by atoms with Gasteiger partial charge < -0.3 is 5.84 Å². The molecule has 1 aliphatic rings. The van der Waals surface area contributed by atoms with Gasteiger partial charge in [-0.05, 0) is 49.2 Å². The predicted octanol–water partition coefficient (Wildman–Crippen LogP) is 2.97. The molecule has 2 N–H and O–H groups in total. The molecule has 0 aliphatic carbocycles. The third-order valence-electron chi connectivity index (χ3n) is 4.65. The zero-order valence-electron chi connectivity index (χ0n) is 15.4. The van der Waals surface area contributed by atoms with E-state index in [-0.39, 0.29) is 17.6 Å². The summed E-state index contributed by atoms with van der Waals surface area (Å²) >= 11 is 1.44. The van der Waals surface area contributed by atoms with E-state index in [4.69, 9.17) is 5.84 Å². The molecule has 0 atom stereocenters. The van der Waals surface area contributed by atoms with Gasteiger partial charge in [-0.1, -0.05) is 23.9 Å². The highest BCUT2D eigenvalue weighted by Gasteiger charge is 2.34. The molecule has 1 aromatic heterocycles. The van der Waals surface area contributed by atoms with Crippen molar-refractivity contribution >= 4 is 23.6 Å². The van der Waals surface area contributed by atoms with Crippen molar-refractivity contribution in [3.8, 4) is 11.4 Å². The molecule has 4 rings (SSSR count). The van der Waals surface area contributed by atoms with Crippen LogP contribution in [0.2, 0.25) is 0 Å². The van der Waals surface area contributed by atoms with Crippen LogP contribution in [-0.2, 0) is 0 Å². The van der Waals surface area contributed by atoms with Crippen molar-refractivity contribution in [3.63, 3.8) is 0 Å². The molecule has 9 heteroatoms. The highest BCUT2D eigenvalue weighted by molar-refractivity contribution is 7.99. The maximum atomic E-state index is 13.1. The fraction of sp³-hybridized carbons (Fsp3) is 0.200. The molecule has 0 saturated heterocycles. The number of amides is 2. The van der Waals surface area contributed by atoms with E-state index >= 15 is 0 Å². The first-order valence-corrected chi connectivity index (χ1v) is 10.1. The summed E-state index contributed by atoms with van der Waals surface area (Å²) in [6.45, 7) is 0.378. The Bertz CT molecular complexity index is 1030. The number of nitrogen functional groups attached to an aromatic ring is 1. The van der Waals surface area contributed by atoms with Gasteiger partial charge in [-0.2, -0.15) is 0 Å². The molecule has 0 spiro atoms. The number of carbonyl (C=O) groups excluding carboxylic acids is 2. The van der Waals surface area contributed by atoms with Gasteiger partial charge in [0.15, 0.2) is 5.82 Å². The fourth-order valence-corrected chi connectivity index (χ4v) is 4.00. The topological polar surface area (TPSA) is 94.1 Å². The number of nitrogens with zero attached hydrogens (tertiary/aromatic N) is 4. The zero-order chi connectivity index (χ0) is 20.4. The second kappa shape index (κ2) is 8.04. The number of hydrogen-bond donors (Lipinski definition) is 1. The lowest BCUT2D eigenvalue weighted by molar-refractivity contribution is 0.0652. The van der Waals surface area contributed by atoms with E-state index in [1.165, 1.54) is 33.5 Å². The Morgan fingerprint density at radius 3 is 2.24 bits per heavy atom. The minimum atomic E-state index is -0.329. The maximum Gasteiger partial charge on any atom is 0.261 e. The van der Waals surface area contributed by atoms with Gasteiger partial charge in [0.2, 0.25) is 5.16 Å². The molecule has 2 heterocycles. The number of nitrogens with two attached hydrogens (primary N) is 1. The van der Waals surface area contributed by atoms with E-state index in [2.05, 4.69) is 10.2 Å². The van der Waals surface area contributed by atoms with Crippen LogP contribution in [-0.4, -0.2) is 43.9 Å². The van der Waals surface area contributed by atoms with E-state index in [1.54, 1.807) is 36.4 Å². The van der Waals surface area contributed by atoms with E-state index in [9.17, 15) is 14.0 Å². The van der Waals surface area contributed by atoms with Crippen LogP contribution in [0, 0.1) is 5.82 Å². The summed E-state index contributed by atoms with van der Waals surface area (Å²) in [5.41, 5.74) is 1.62. The molecule has 7 nitrogen and oxygen atoms in total. The Labute approximate surface area is 170 Å². The number of rotatable bonds is 7. The van der Waals surface area contributed by atoms with Crippen molar-refractivity contribution in [2.75, 3.05) is 18.1 Å². The highest BCUT2D eigenvalue weighted by Crippen LogP contribution is 2.24. The second-order valence-electron chi connectivity index (χ2n) is 6.55. The Kier molecular flexibility index (Phi) is 5.30. The number of fused-ring (bicyclic) bond motifs is 1. The van der Waals surface area contributed by atoms with Gasteiger partial charge in [-0.15, -0.1) is 10.2 Å². The lowest BCUT2D eigenvalue weighted by Crippen LogP contribution is -2.30. The third kappa shape index (κ3) is 3.73. The molecule has 0 bridgehead atoms. The molecule has 0 unspecified atom stereocenters. The van der Waals surface area contributed by atoms with Crippen molar-refractivity contribution in [2.24, 2.45) is 0 Å². The molecule has 0 radical (unpaired) electrons. The van der Waals surface area contributed by atoms with Gasteiger partial charge in [0.05, 0.1) is 11.1 Å². The number of carbonyl (C=O) groups is 2. The smallest absolute Gasteiger partial charge is 0.261 e. The summed E-state index contributed by atoms with van der Waals surface area (Å²) in [5, 5.41) is 8.69. The Morgan fingerprint density at radius 2 is 1.59 bits per heavy atom. The SMILES string of the molecule is Nn1c(SCCCCN2C(=O)c3ccccc3C2=O)nnc1-c1ccc(F)cc1. The van der Waals surface area contributed by atoms with Crippen LogP contribution < -0.4 is 5.84 Å². The predicted molar refractivity (Wildman–Crippen MR) is 107 cm³/mol. The van der Waals surface area contributed by atoms with Crippen molar-refractivity contribution in [1.82, 2.24) is 19.8 Å². The number of halogens is 1. The molecular formula is C20H18FN5O2S. The zero-order valence-corrected chi connectivity index (χ0v) is 16.2. The van der Waals surface area contributed by atoms with Crippen LogP contribution in [0.15, 0.2) is 53.7 Å². The van der Waals surface area contributed by atoms with Gasteiger partial charge in [0, 0.05) is 17.9 Å². The minimum Gasteiger partial charge on any atom is -0.335 e. The second-order valence-corrected chi connectivity index (χ2v) is 7.61. The molecule has 2 amide bonds. The average molecular weight is 411 g/mol.